The molecule has 0 saturated carbocycles. The molecule has 0 aliphatic heterocycles. The summed E-state index contributed by atoms with van der Waals surface area (Å²) in [6, 6.07) is 4.09. The number of thioether (sulfide) groups is 1. The third-order valence-corrected chi connectivity index (χ3v) is 5.71. The summed E-state index contributed by atoms with van der Waals surface area (Å²) in [4.78, 5) is 13.5. The fraction of sp³-hybridized carbons (Fsp3) is 0.389. The van der Waals surface area contributed by atoms with E-state index >= 15 is 0 Å². The van der Waals surface area contributed by atoms with Crippen molar-refractivity contribution in [2.45, 2.75) is 37.2 Å². The Balaban J connectivity index is 1.94. The highest BCUT2D eigenvalue weighted by atomic mass is 32.2. The zero-order valence-electron chi connectivity index (χ0n) is 15.7. The minimum atomic E-state index is -0.878. The summed E-state index contributed by atoms with van der Waals surface area (Å²) in [5.74, 6) is -1.01. The maximum atomic E-state index is 13.9. The first-order valence-corrected chi connectivity index (χ1v) is 10.5. The van der Waals surface area contributed by atoms with Crippen molar-refractivity contribution in [2.75, 3.05) is 23.8 Å². The monoisotopic (exact) mass is 425 g/mol. The van der Waals surface area contributed by atoms with E-state index in [4.69, 9.17) is 0 Å². The molecule has 28 heavy (non-hydrogen) atoms. The van der Waals surface area contributed by atoms with Gasteiger partial charge in [-0.25, -0.2) is 18.7 Å². The topological polar surface area (TPSA) is 83.0 Å². The molecule has 0 saturated heterocycles. The molecule has 0 spiro atoms. The highest BCUT2D eigenvalue weighted by Crippen LogP contribution is 2.34. The molecule has 2 aromatic heterocycles. The van der Waals surface area contributed by atoms with Crippen molar-refractivity contribution in [1.82, 2.24) is 15.0 Å². The summed E-state index contributed by atoms with van der Waals surface area (Å²) in [7, 11) is 0. The van der Waals surface area contributed by atoms with Gasteiger partial charge < -0.3 is 15.7 Å². The fourth-order valence-electron chi connectivity index (χ4n) is 2.34. The van der Waals surface area contributed by atoms with Crippen LogP contribution < -0.4 is 10.6 Å². The van der Waals surface area contributed by atoms with E-state index in [1.54, 1.807) is 0 Å². The van der Waals surface area contributed by atoms with Gasteiger partial charge in [-0.05, 0) is 26.8 Å². The van der Waals surface area contributed by atoms with Crippen molar-refractivity contribution in [1.29, 1.82) is 0 Å². The molecule has 3 aromatic rings. The van der Waals surface area contributed by atoms with Crippen molar-refractivity contribution >= 4 is 44.4 Å². The van der Waals surface area contributed by atoms with Crippen molar-refractivity contribution in [3.05, 3.63) is 35.4 Å². The van der Waals surface area contributed by atoms with Gasteiger partial charge in [0.25, 0.3) is 0 Å². The molecule has 3 N–H and O–H groups in total. The van der Waals surface area contributed by atoms with Crippen LogP contribution in [0.2, 0.25) is 0 Å². The number of benzene rings is 1. The van der Waals surface area contributed by atoms with Crippen LogP contribution in [-0.2, 0) is 5.75 Å². The molecule has 0 atom stereocenters. The molecular formula is C18H21F2N5OS2. The molecule has 0 aliphatic rings. The molecule has 150 valence electrons. The predicted octanol–water partition coefficient (Wildman–Crippen LogP) is 4.27. The van der Waals surface area contributed by atoms with Gasteiger partial charge in [-0.1, -0.05) is 35.2 Å². The lowest BCUT2D eigenvalue weighted by Crippen LogP contribution is -2.35. The number of aliphatic hydroxyl groups excluding tert-OH is 1. The summed E-state index contributed by atoms with van der Waals surface area (Å²) >= 11 is 2.61. The second-order valence-corrected chi connectivity index (χ2v) is 8.67. The van der Waals surface area contributed by atoms with Crippen LogP contribution in [0.1, 0.15) is 26.3 Å². The molecular weight excluding hydrogens is 404 g/mol. The van der Waals surface area contributed by atoms with Gasteiger partial charge in [-0.2, -0.15) is 4.98 Å². The maximum Gasteiger partial charge on any atom is 0.191 e. The Kier molecular flexibility index (Phi) is 6.31. The van der Waals surface area contributed by atoms with Gasteiger partial charge in [0, 0.05) is 17.9 Å². The predicted molar refractivity (Wildman–Crippen MR) is 110 cm³/mol. The third-order valence-electron chi connectivity index (χ3n) is 3.80. The van der Waals surface area contributed by atoms with Crippen LogP contribution in [0.15, 0.2) is 23.4 Å². The zero-order chi connectivity index (χ0) is 20.3. The van der Waals surface area contributed by atoms with Crippen molar-refractivity contribution in [3.63, 3.8) is 0 Å². The number of halogens is 2. The van der Waals surface area contributed by atoms with Crippen molar-refractivity contribution < 1.29 is 13.9 Å². The largest absolute Gasteiger partial charge is 0.394 e. The smallest absolute Gasteiger partial charge is 0.191 e. The average Bonchev–Trinajstić information content (AvgIpc) is 3.06. The summed E-state index contributed by atoms with van der Waals surface area (Å²) in [5.41, 5.74) is 0.153. The van der Waals surface area contributed by atoms with Gasteiger partial charge in [-0.15, -0.1) is 0 Å². The van der Waals surface area contributed by atoms with Crippen LogP contribution in [0.4, 0.5) is 19.7 Å². The van der Waals surface area contributed by atoms with E-state index in [0.29, 0.717) is 16.6 Å². The molecule has 0 bridgehead atoms. The van der Waals surface area contributed by atoms with Gasteiger partial charge in [-0.3, -0.25) is 0 Å². The third kappa shape index (κ3) is 4.68. The highest BCUT2D eigenvalue weighted by Gasteiger charge is 2.21. The summed E-state index contributed by atoms with van der Waals surface area (Å²) in [5, 5.41) is 17.1. The molecule has 1 aromatic carbocycles. The average molecular weight is 426 g/mol. The minimum Gasteiger partial charge on any atom is -0.394 e. The molecule has 0 amide bonds. The molecule has 6 nitrogen and oxygen atoms in total. The standard InChI is InChI=1S/C18H21F2N5OS2/c1-4-21-16-22-14-13(28-16)15(25-18(2,3)9-26)24-17(23-14)27-8-10-6-5-7-11(19)12(10)20/h5-7,26H,4,8-9H2,1-3H3,(H2,21,22,23,24,25). The maximum absolute atomic E-state index is 13.9. The molecule has 0 radical (unpaired) electrons. The van der Waals surface area contributed by atoms with E-state index in [9.17, 15) is 13.9 Å². The number of aromatic nitrogens is 3. The number of hydrogen-bond acceptors (Lipinski definition) is 8. The molecule has 0 aliphatic carbocycles. The second kappa shape index (κ2) is 8.54. The lowest BCUT2D eigenvalue weighted by Gasteiger charge is -2.24. The van der Waals surface area contributed by atoms with Gasteiger partial charge >= 0.3 is 0 Å². The summed E-state index contributed by atoms with van der Waals surface area (Å²) < 4.78 is 28.1. The zero-order valence-corrected chi connectivity index (χ0v) is 17.3. The SMILES string of the molecule is CCNc1nc2nc(SCc3cccc(F)c3F)nc(NC(C)(C)CO)c2s1. The van der Waals surface area contributed by atoms with Crippen LogP contribution in [0.25, 0.3) is 10.3 Å². The first kappa shape index (κ1) is 20.7. The number of rotatable bonds is 8. The number of anilines is 2. The van der Waals surface area contributed by atoms with Gasteiger partial charge in [0.2, 0.25) is 0 Å². The summed E-state index contributed by atoms with van der Waals surface area (Å²) in [6.07, 6.45) is 0. The first-order valence-electron chi connectivity index (χ1n) is 8.70. The fourth-order valence-corrected chi connectivity index (χ4v) is 4.07. The number of fused-ring (bicyclic) bond motifs is 1. The lowest BCUT2D eigenvalue weighted by atomic mass is 10.1. The van der Waals surface area contributed by atoms with Gasteiger partial charge in [0.05, 0.1) is 12.1 Å². The quantitative estimate of drug-likeness (QED) is 0.367. The molecule has 0 unspecified atom stereocenters. The first-order chi connectivity index (χ1) is 13.3. The Morgan fingerprint density at radius 3 is 2.71 bits per heavy atom. The molecule has 10 heteroatoms. The molecule has 2 heterocycles. The Bertz CT molecular complexity index is 980. The highest BCUT2D eigenvalue weighted by molar-refractivity contribution is 7.98. The van der Waals surface area contributed by atoms with Crippen molar-refractivity contribution in [2.24, 2.45) is 0 Å². The Morgan fingerprint density at radius 1 is 1.21 bits per heavy atom. The number of aliphatic hydroxyl groups is 1. The summed E-state index contributed by atoms with van der Waals surface area (Å²) in [6.45, 7) is 6.30. The lowest BCUT2D eigenvalue weighted by molar-refractivity contribution is 0.234. The van der Waals surface area contributed by atoms with E-state index in [1.165, 1.54) is 35.2 Å². The second-order valence-electron chi connectivity index (χ2n) is 6.73. The minimum absolute atomic E-state index is 0.0889. The molecule has 0 fully saturated rings. The van der Waals surface area contributed by atoms with Gasteiger partial charge in [0.15, 0.2) is 33.4 Å². The van der Waals surface area contributed by atoms with E-state index in [2.05, 4.69) is 25.6 Å². The Morgan fingerprint density at radius 2 is 2.00 bits per heavy atom. The van der Waals surface area contributed by atoms with Crippen LogP contribution in [-0.4, -0.2) is 38.7 Å². The number of nitrogens with one attached hydrogen (secondary N) is 2. The van der Waals surface area contributed by atoms with Crippen LogP contribution in [0, 0.1) is 11.6 Å². The van der Waals surface area contributed by atoms with Crippen LogP contribution in [0.5, 0.6) is 0 Å². The van der Waals surface area contributed by atoms with E-state index in [-0.39, 0.29) is 17.9 Å². The van der Waals surface area contributed by atoms with Crippen LogP contribution >= 0.6 is 23.1 Å². The molecule has 3 rings (SSSR count). The number of hydrogen-bond donors (Lipinski definition) is 3. The van der Waals surface area contributed by atoms with Crippen LogP contribution in [0.3, 0.4) is 0 Å². The van der Waals surface area contributed by atoms with Crippen molar-refractivity contribution in [3.8, 4) is 0 Å². The van der Waals surface area contributed by atoms with E-state index in [1.807, 2.05) is 20.8 Å². The normalized spacial score (nSPS) is 11.8. The number of nitrogens with zero attached hydrogens (tertiary/aromatic N) is 3. The Labute approximate surface area is 169 Å². The van der Waals surface area contributed by atoms with E-state index in [0.717, 1.165) is 22.4 Å². The Hall–Kier alpha value is -2.04. The number of thiazole rings is 1. The van der Waals surface area contributed by atoms with E-state index < -0.39 is 17.2 Å². The van der Waals surface area contributed by atoms with Gasteiger partial charge in [0.1, 0.15) is 4.70 Å².